The van der Waals surface area contributed by atoms with Crippen LogP contribution in [0, 0.1) is 30.6 Å². The number of anilines is 1. The molecule has 9 nitrogen and oxygen atoms in total. The summed E-state index contributed by atoms with van der Waals surface area (Å²) in [6, 6.07) is 5.43. The summed E-state index contributed by atoms with van der Waals surface area (Å²) in [5.74, 6) is 3.38. The van der Waals surface area contributed by atoms with Gasteiger partial charge in [0.25, 0.3) is 5.56 Å². The first kappa shape index (κ1) is 25.8. The molecule has 6 unspecified atom stereocenters. The number of piperidine rings is 1. The Morgan fingerprint density at radius 3 is 2.80 bits per heavy atom. The van der Waals surface area contributed by atoms with Gasteiger partial charge in [-0.2, -0.15) is 0 Å². The van der Waals surface area contributed by atoms with Gasteiger partial charge in [-0.1, -0.05) is 12.5 Å². The quantitative estimate of drug-likeness (QED) is 0.373. The molecule has 1 aliphatic heterocycles. The summed E-state index contributed by atoms with van der Waals surface area (Å²) in [6.07, 6.45) is 11.0. The minimum Gasteiger partial charge on any atom is -0.378 e. The molecular weight excluding hydrogens is 524 g/mol. The van der Waals surface area contributed by atoms with Gasteiger partial charge < -0.3 is 10.6 Å². The predicted molar refractivity (Wildman–Crippen MR) is 154 cm³/mol. The van der Waals surface area contributed by atoms with Crippen molar-refractivity contribution >= 4 is 39.7 Å². The topological polar surface area (TPSA) is 118 Å². The number of hydrogen-bond donors (Lipinski definition) is 3. The Bertz CT molecular complexity index is 1530. The number of benzene rings is 1. The largest absolute Gasteiger partial charge is 0.378 e. The van der Waals surface area contributed by atoms with Gasteiger partial charge in [0.15, 0.2) is 0 Å². The Labute approximate surface area is 237 Å². The number of aryl methyl sites for hydroxylation is 1. The number of fused-ring (bicyclic) bond motifs is 3. The molecule has 6 atom stereocenters. The van der Waals surface area contributed by atoms with Crippen LogP contribution in [0.3, 0.4) is 0 Å². The summed E-state index contributed by atoms with van der Waals surface area (Å²) in [5, 5.41) is 11.1. The van der Waals surface area contributed by atoms with E-state index in [0.717, 1.165) is 35.2 Å². The highest BCUT2D eigenvalue weighted by atomic mass is 32.1. The van der Waals surface area contributed by atoms with Gasteiger partial charge in [-0.3, -0.25) is 24.3 Å². The Morgan fingerprint density at radius 1 is 1.05 bits per heavy atom. The van der Waals surface area contributed by atoms with E-state index in [9.17, 15) is 14.4 Å². The molecule has 1 aromatic carbocycles. The van der Waals surface area contributed by atoms with Crippen molar-refractivity contribution in [2.24, 2.45) is 23.7 Å². The average molecular weight is 561 g/mol. The number of carbonyl (C=O) groups excluding carboxylic acids is 2. The standard InChI is InChI=1S/C30H36N6O3S/c1-16-34-23-4-2-3-22(28(23)30(39)36(16)25-7-8-26(37)35-29(25)38)32-15-27-33-14-20(40-27)13-31-24-12-18-9-17-5-6-21(24)19(10-17)11-18/h2-4,14,17-19,21,24-25,31-32H,5-13,15H2,1H3,(H,35,37,38). The summed E-state index contributed by atoms with van der Waals surface area (Å²) in [4.78, 5) is 48.4. The van der Waals surface area contributed by atoms with E-state index < -0.39 is 11.9 Å². The van der Waals surface area contributed by atoms with Crippen molar-refractivity contribution in [3.63, 3.8) is 0 Å². The fraction of sp³-hybridized carbons (Fsp3) is 0.567. The maximum Gasteiger partial charge on any atom is 0.264 e. The molecule has 40 heavy (non-hydrogen) atoms. The van der Waals surface area contributed by atoms with E-state index in [1.54, 1.807) is 18.3 Å². The maximum absolute atomic E-state index is 13.7. The van der Waals surface area contributed by atoms with Crippen LogP contribution < -0.4 is 21.5 Å². The molecule has 3 N–H and O–H groups in total. The van der Waals surface area contributed by atoms with Crippen molar-refractivity contribution in [2.75, 3.05) is 5.32 Å². The zero-order chi connectivity index (χ0) is 27.4. The lowest BCUT2D eigenvalue weighted by molar-refractivity contribution is -0.135. The summed E-state index contributed by atoms with van der Waals surface area (Å²) in [6.45, 7) is 3.07. The normalized spacial score (nSPS) is 29.5. The van der Waals surface area contributed by atoms with Crippen LogP contribution in [-0.4, -0.2) is 32.4 Å². The second-order valence-corrected chi connectivity index (χ2v) is 13.4. The van der Waals surface area contributed by atoms with Crippen LogP contribution in [-0.2, 0) is 22.7 Å². The van der Waals surface area contributed by atoms with Gasteiger partial charge in [0.2, 0.25) is 11.8 Å². The van der Waals surface area contributed by atoms with Crippen LogP contribution in [0.1, 0.15) is 73.1 Å². The van der Waals surface area contributed by atoms with E-state index in [4.69, 9.17) is 0 Å². The minimum atomic E-state index is -0.747. The number of nitrogens with one attached hydrogen (secondary N) is 3. The Balaban J connectivity index is 1.05. The molecule has 0 spiro atoms. The average Bonchev–Trinajstić information content (AvgIpc) is 3.38. The van der Waals surface area contributed by atoms with E-state index in [0.29, 0.717) is 35.0 Å². The number of hydrogen-bond acceptors (Lipinski definition) is 8. The minimum absolute atomic E-state index is 0.199. The summed E-state index contributed by atoms with van der Waals surface area (Å²) in [5.41, 5.74) is 0.956. The van der Waals surface area contributed by atoms with Gasteiger partial charge in [0.05, 0.1) is 17.4 Å². The van der Waals surface area contributed by atoms with Crippen LogP contribution >= 0.6 is 11.3 Å². The van der Waals surface area contributed by atoms with Gasteiger partial charge >= 0.3 is 0 Å². The van der Waals surface area contributed by atoms with Crippen LogP contribution in [0.25, 0.3) is 10.9 Å². The van der Waals surface area contributed by atoms with Crippen molar-refractivity contribution in [1.29, 1.82) is 0 Å². The number of rotatable bonds is 7. The second-order valence-electron chi connectivity index (χ2n) is 12.2. The van der Waals surface area contributed by atoms with Crippen molar-refractivity contribution in [3.8, 4) is 0 Å². The lowest BCUT2D eigenvalue weighted by Gasteiger charge is -2.52. The molecule has 3 aromatic rings. The first-order valence-corrected chi connectivity index (χ1v) is 15.5. The highest BCUT2D eigenvalue weighted by Gasteiger charge is 2.45. The molecule has 3 heterocycles. The number of nitrogens with zero attached hydrogens (tertiary/aromatic N) is 3. The van der Waals surface area contributed by atoms with Crippen molar-refractivity contribution in [1.82, 2.24) is 25.2 Å². The number of thiazole rings is 1. The van der Waals surface area contributed by atoms with Gasteiger partial charge in [-0.05, 0) is 81.3 Å². The number of carbonyl (C=O) groups is 2. The molecule has 1 saturated heterocycles. The molecular formula is C30H36N6O3S. The van der Waals surface area contributed by atoms with E-state index in [2.05, 4.69) is 25.9 Å². The van der Waals surface area contributed by atoms with Gasteiger partial charge in [0, 0.05) is 35.8 Å². The molecule has 4 aliphatic rings. The molecule has 4 fully saturated rings. The van der Waals surface area contributed by atoms with Crippen molar-refractivity contribution < 1.29 is 9.59 Å². The fourth-order valence-corrected chi connectivity index (χ4v) is 8.88. The molecule has 2 amide bonds. The highest BCUT2D eigenvalue weighted by Crippen LogP contribution is 2.52. The Hall–Kier alpha value is -3.11. The van der Waals surface area contributed by atoms with Crippen molar-refractivity contribution in [3.05, 3.63) is 50.5 Å². The van der Waals surface area contributed by atoms with E-state index in [1.165, 1.54) is 48.0 Å². The summed E-state index contributed by atoms with van der Waals surface area (Å²) >= 11 is 1.70. The summed E-state index contributed by atoms with van der Waals surface area (Å²) in [7, 11) is 0. The third kappa shape index (κ3) is 4.75. The van der Waals surface area contributed by atoms with E-state index in [1.807, 2.05) is 24.4 Å². The second kappa shape index (κ2) is 10.4. The maximum atomic E-state index is 13.7. The van der Waals surface area contributed by atoms with E-state index in [-0.39, 0.29) is 24.3 Å². The zero-order valence-electron chi connectivity index (χ0n) is 22.8. The van der Waals surface area contributed by atoms with Gasteiger partial charge in [0.1, 0.15) is 16.9 Å². The SMILES string of the molecule is Cc1nc2cccc(NCc3ncc(CNC4CC5CC6CCC4C(C6)C5)s3)c2c(=O)n1C1CCC(=O)NC1=O. The lowest BCUT2D eigenvalue weighted by Crippen LogP contribution is -2.50. The highest BCUT2D eigenvalue weighted by molar-refractivity contribution is 7.11. The lowest BCUT2D eigenvalue weighted by atomic mass is 9.56. The Morgan fingerprint density at radius 2 is 1.93 bits per heavy atom. The van der Waals surface area contributed by atoms with Crippen LogP contribution in [0.2, 0.25) is 0 Å². The molecule has 7 rings (SSSR count). The van der Waals surface area contributed by atoms with Crippen LogP contribution in [0.15, 0.2) is 29.2 Å². The first-order valence-electron chi connectivity index (χ1n) is 14.7. The third-order valence-corrected chi connectivity index (χ3v) is 10.8. The molecule has 0 radical (unpaired) electrons. The number of aromatic nitrogens is 3. The van der Waals surface area contributed by atoms with Crippen LogP contribution in [0.5, 0.6) is 0 Å². The Kier molecular flexibility index (Phi) is 6.70. The van der Waals surface area contributed by atoms with Gasteiger partial charge in [-0.15, -0.1) is 11.3 Å². The van der Waals surface area contributed by atoms with Gasteiger partial charge in [-0.25, -0.2) is 9.97 Å². The molecule has 10 heteroatoms. The fourth-order valence-electron chi connectivity index (χ4n) is 8.07. The monoisotopic (exact) mass is 560 g/mol. The molecule has 3 aliphatic carbocycles. The predicted octanol–water partition coefficient (Wildman–Crippen LogP) is 4.06. The summed E-state index contributed by atoms with van der Waals surface area (Å²) < 4.78 is 1.42. The number of imide groups is 1. The van der Waals surface area contributed by atoms with E-state index >= 15 is 0 Å². The van der Waals surface area contributed by atoms with Crippen molar-refractivity contribution in [2.45, 2.75) is 83.5 Å². The molecule has 3 bridgehead atoms. The van der Waals surface area contributed by atoms with Crippen LogP contribution in [0.4, 0.5) is 5.69 Å². The molecule has 2 aromatic heterocycles. The first-order chi connectivity index (χ1) is 19.4. The molecule has 3 saturated carbocycles. The number of amides is 2. The molecule has 210 valence electrons. The smallest absolute Gasteiger partial charge is 0.264 e. The third-order valence-electron chi connectivity index (χ3n) is 9.75. The zero-order valence-corrected chi connectivity index (χ0v) is 23.6.